The van der Waals surface area contributed by atoms with Crippen molar-refractivity contribution in [3.8, 4) is 0 Å². The number of Topliss-reactive ketones (excluding diaryl/α,β-unsaturated/α-hetero) is 1. The lowest BCUT2D eigenvalue weighted by Crippen LogP contribution is -2.38. The number of nitrogens with zero attached hydrogens (tertiary/aromatic N) is 2. The van der Waals surface area contributed by atoms with Crippen molar-refractivity contribution in [1.82, 2.24) is 4.90 Å². The number of rotatable bonds is 5. The maximum absolute atomic E-state index is 12.9. The number of ketones is 1. The van der Waals surface area contributed by atoms with Crippen LogP contribution in [0.25, 0.3) is 0 Å². The number of benzene rings is 2. The van der Waals surface area contributed by atoms with Crippen molar-refractivity contribution in [3.63, 3.8) is 0 Å². The molecule has 1 fully saturated rings. The zero-order valence-electron chi connectivity index (χ0n) is 20.9. The van der Waals surface area contributed by atoms with Crippen LogP contribution in [0.1, 0.15) is 67.1 Å². The Kier molecular flexibility index (Phi) is 8.67. The van der Waals surface area contributed by atoms with Gasteiger partial charge >= 0.3 is 0 Å². The minimum atomic E-state index is 0.0173. The number of likely N-dealkylation sites (tertiary alicyclic amines) is 1. The fraction of sp³-hybridized carbons (Fsp3) is 0.483. The Labute approximate surface area is 219 Å². The number of alkyl halides is 1. The summed E-state index contributed by atoms with van der Waals surface area (Å²) in [7, 11) is 0. The van der Waals surface area contributed by atoms with Crippen molar-refractivity contribution in [2.45, 2.75) is 58.8 Å². The summed E-state index contributed by atoms with van der Waals surface area (Å²) in [6, 6.07) is 17.2. The molecule has 2 aromatic rings. The summed E-state index contributed by atoms with van der Waals surface area (Å²) < 4.78 is 2.72. The second kappa shape index (κ2) is 11.5. The van der Waals surface area contributed by atoms with E-state index in [-0.39, 0.29) is 26.1 Å². The number of carbonyl (C=O) groups excluding carboxylic acids is 1. The van der Waals surface area contributed by atoms with Crippen LogP contribution in [0, 0.1) is 12.8 Å². The topological polar surface area (TPSA) is 32.7 Å². The number of aryl methyl sites for hydroxylation is 1. The Morgan fingerprint density at radius 1 is 1.06 bits per heavy atom. The maximum atomic E-state index is 12.9. The number of piperidine rings is 1. The summed E-state index contributed by atoms with van der Waals surface area (Å²) in [5.74, 6) is 1.95. The van der Waals surface area contributed by atoms with E-state index in [4.69, 9.17) is 4.99 Å². The molecule has 0 unspecified atom stereocenters. The van der Waals surface area contributed by atoms with Crippen LogP contribution < -0.4 is 0 Å². The highest BCUT2D eigenvalue weighted by atomic mass is 127. The molecule has 2 aromatic carbocycles. The van der Waals surface area contributed by atoms with E-state index in [2.05, 4.69) is 69.0 Å². The molecule has 0 aliphatic carbocycles. The lowest BCUT2D eigenvalue weighted by Gasteiger charge is -2.33. The molecule has 1 saturated heterocycles. The number of hydrogen-bond donors (Lipinski definition) is 0. The molecule has 2 aliphatic heterocycles. The normalized spacial score (nSPS) is 17.9. The van der Waals surface area contributed by atoms with E-state index in [1.54, 1.807) is 0 Å². The van der Waals surface area contributed by atoms with E-state index in [0.29, 0.717) is 18.1 Å². The first kappa shape index (κ1) is 25.6. The summed E-state index contributed by atoms with van der Waals surface area (Å²) in [6.07, 6.45) is 3.82. The van der Waals surface area contributed by atoms with Gasteiger partial charge in [-0.05, 0) is 42.2 Å². The third kappa shape index (κ3) is 7.03. The Balaban J connectivity index is 1.31. The van der Waals surface area contributed by atoms with Gasteiger partial charge in [-0.2, -0.15) is 0 Å². The molecule has 0 bridgehead atoms. The molecular weight excluding hydrogens is 551 g/mol. The van der Waals surface area contributed by atoms with Gasteiger partial charge in [-0.25, -0.2) is 4.99 Å². The van der Waals surface area contributed by atoms with Gasteiger partial charge in [0.1, 0.15) is 0 Å². The van der Waals surface area contributed by atoms with Gasteiger partial charge in [0.2, 0.25) is 0 Å². The third-order valence-electron chi connectivity index (χ3n) is 6.68. The van der Waals surface area contributed by atoms with Crippen LogP contribution in [-0.2, 0) is 11.8 Å². The van der Waals surface area contributed by atoms with E-state index >= 15 is 0 Å². The van der Waals surface area contributed by atoms with Crippen molar-refractivity contribution >= 4 is 47.1 Å². The molecule has 0 radical (unpaired) electrons. The van der Waals surface area contributed by atoms with E-state index in [0.717, 1.165) is 37.9 Å². The molecule has 0 aromatic heterocycles. The lowest BCUT2D eigenvalue weighted by atomic mass is 9.85. The van der Waals surface area contributed by atoms with Crippen molar-refractivity contribution in [1.29, 1.82) is 0 Å². The van der Waals surface area contributed by atoms with E-state index in [1.165, 1.54) is 35.7 Å². The number of thioether (sulfide) groups is 1. The first-order valence-electron chi connectivity index (χ1n) is 12.4. The van der Waals surface area contributed by atoms with Gasteiger partial charge in [-0.1, -0.05) is 107 Å². The smallest absolute Gasteiger partial charge is 0.164 e. The van der Waals surface area contributed by atoms with Crippen molar-refractivity contribution in [3.05, 3.63) is 70.8 Å². The van der Waals surface area contributed by atoms with Crippen LogP contribution in [0.2, 0.25) is 0 Å². The highest BCUT2D eigenvalue weighted by Gasteiger charge is 2.25. The lowest BCUT2D eigenvalue weighted by molar-refractivity contribution is 0.0944. The molecule has 0 amide bonds. The van der Waals surface area contributed by atoms with Crippen LogP contribution in [0.3, 0.4) is 0 Å². The predicted molar refractivity (Wildman–Crippen MR) is 157 cm³/mol. The van der Waals surface area contributed by atoms with Crippen molar-refractivity contribution < 1.29 is 4.79 Å². The molecule has 3 nitrogen and oxygen atoms in total. The molecule has 0 spiro atoms. The SMILES string of the molecule is Cc1ccc(CC2=ICCSC(N3CCC(CC(=O)c4ccc(C(C)(C)C)cc4)CC3)=N2)cc1. The van der Waals surface area contributed by atoms with Gasteiger partial charge in [0, 0.05) is 41.7 Å². The molecule has 2 aliphatic rings. The Morgan fingerprint density at radius 2 is 1.74 bits per heavy atom. The molecule has 182 valence electrons. The van der Waals surface area contributed by atoms with E-state index in [9.17, 15) is 4.79 Å². The Morgan fingerprint density at radius 3 is 2.38 bits per heavy atom. The second-order valence-corrected chi connectivity index (χ2v) is 14.6. The van der Waals surface area contributed by atoms with Gasteiger partial charge in [0.15, 0.2) is 11.0 Å². The average Bonchev–Trinajstić information content (AvgIpc) is 3.06. The van der Waals surface area contributed by atoms with E-state index < -0.39 is 0 Å². The van der Waals surface area contributed by atoms with Gasteiger partial charge in [0.05, 0.1) is 3.63 Å². The standard InChI is InChI=1S/C29H37IN2OS/c1-21-5-7-22(8-6-21)20-27-30-15-18-34-28(31-27)32-16-13-23(14-17-32)19-26(33)24-9-11-25(12-10-24)29(2,3)4/h5-12,23H,13-20H2,1-4H3. The highest BCUT2D eigenvalue weighted by molar-refractivity contribution is 14.2. The molecule has 4 rings (SSSR count). The van der Waals surface area contributed by atoms with Crippen LogP contribution in [0.5, 0.6) is 0 Å². The number of amidine groups is 1. The molecule has 5 heteroatoms. The van der Waals surface area contributed by atoms with Gasteiger partial charge in [-0.3, -0.25) is 4.79 Å². The molecule has 0 N–H and O–H groups in total. The molecule has 0 atom stereocenters. The van der Waals surface area contributed by atoms with Crippen LogP contribution in [-0.4, -0.2) is 42.8 Å². The molecule has 34 heavy (non-hydrogen) atoms. The summed E-state index contributed by atoms with van der Waals surface area (Å²) in [5, 5.41) is 1.22. The summed E-state index contributed by atoms with van der Waals surface area (Å²) in [6.45, 7) is 10.8. The minimum absolute atomic E-state index is 0.0173. The summed E-state index contributed by atoms with van der Waals surface area (Å²) in [4.78, 5) is 20.6. The highest BCUT2D eigenvalue weighted by Crippen LogP contribution is 2.28. The second-order valence-electron chi connectivity index (χ2n) is 10.5. The van der Waals surface area contributed by atoms with Crippen molar-refractivity contribution in [2.24, 2.45) is 10.9 Å². The third-order valence-corrected chi connectivity index (χ3v) is 11.0. The first-order chi connectivity index (χ1) is 16.3. The van der Waals surface area contributed by atoms with Crippen LogP contribution in [0.4, 0.5) is 0 Å². The number of carbonyl (C=O) groups is 1. The summed E-state index contributed by atoms with van der Waals surface area (Å²) >= 11 is 1.96. The Bertz CT molecular complexity index is 1040. The minimum Gasteiger partial charge on any atom is -0.351 e. The fourth-order valence-corrected chi connectivity index (χ4v) is 8.52. The number of hydrogen-bond acceptors (Lipinski definition) is 4. The number of aliphatic imine (C=N–C) groups is 1. The van der Waals surface area contributed by atoms with Gasteiger partial charge < -0.3 is 4.90 Å². The average molecular weight is 589 g/mol. The Hall–Kier alpha value is -1.47. The fourth-order valence-electron chi connectivity index (χ4n) is 4.43. The van der Waals surface area contributed by atoms with Gasteiger partial charge in [-0.15, -0.1) is 0 Å². The molecule has 2 heterocycles. The quantitative estimate of drug-likeness (QED) is 0.214. The largest absolute Gasteiger partial charge is 0.351 e. The first-order valence-corrected chi connectivity index (χ1v) is 16.0. The zero-order valence-corrected chi connectivity index (χ0v) is 23.9. The number of halogens is 1. The maximum Gasteiger partial charge on any atom is 0.164 e. The summed E-state index contributed by atoms with van der Waals surface area (Å²) in [5.41, 5.74) is 4.95. The molecular formula is C29H37IN2OS. The predicted octanol–water partition coefficient (Wildman–Crippen LogP) is 7.02. The molecule has 0 saturated carbocycles. The monoisotopic (exact) mass is 588 g/mol. The zero-order chi connectivity index (χ0) is 24.1. The van der Waals surface area contributed by atoms with Gasteiger partial charge in [0.25, 0.3) is 0 Å². The van der Waals surface area contributed by atoms with Crippen LogP contribution in [0.15, 0.2) is 53.5 Å². The van der Waals surface area contributed by atoms with Crippen molar-refractivity contribution in [2.75, 3.05) is 23.3 Å². The van der Waals surface area contributed by atoms with E-state index in [1.807, 2.05) is 23.9 Å². The van der Waals surface area contributed by atoms with Crippen LogP contribution >= 0.6 is 32.5 Å².